The number of nitrogens with one attached hydrogen (secondary N) is 1. The van der Waals surface area contributed by atoms with Crippen LogP contribution in [-0.4, -0.2) is 9.04 Å². The van der Waals surface area contributed by atoms with Crippen LogP contribution in [0.1, 0.15) is 49.9 Å². The van der Waals surface area contributed by atoms with Crippen molar-refractivity contribution in [2.24, 2.45) is 0 Å². The van der Waals surface area contributed by atoms with Crippen LogP contribution in [0.3, 0.4) is 0 Å². The predicted molar refractivity (Wildman–Crippen MR) is 120 cm³/mol. The number of hydrogen-bond donors (Lipinski definition) is 1. The summed E-state index contributed by atoms with van der Waals surface area (Å²) in [5, 5.41) is 2.59. The Morgan fingerprint density at radius 2 is 1.46 bits per heavy atom. The highest BCUT2D eigenvalue weighted by atomic mass is 28.3. The SMILES string of the molecule is CC(C)(C)c1ccc2c(c1)[C@H](NO[SiH](c1ccccc1)c1ccccc1)CC2. The molecule has 0 radical (unpaired) electrons. The van der Waals surface area contributed by atoms with Crippen molar-refractivity contribution in [1.82, 2.24) is 5.48 Å². The molecule has 0 amide bonds. The van der Waals surface area contributed by atoms with Gasteiger partial charge in [0.1, 0.15) is 0 Å². The van der Waals surface area contributed by atoms with Crippen LogP contribution in [0, 0.1) is 0 Å². The Morgan fingerprint density at radius 1 is 0.857 bits per heavy atom. The van der Waals surface area contributed by atoms with Crippen LogP contribution in [0.15, 0.2) is 78.9 Å². The highest BCUT2D eigenvalue weighted by Crippen LogP contribution is 2.34. The van der Waals surface area contributed by atoms with E-state index in [1.165, 1.54) is 27.1 Å². The van der Waals surface area contributed by atoms with Crippen molar-refractivity contribution in [2.75, 3.05) is 0 Å². The molecule has 0 aromatic heterocycles. The molecule has 0 saturated heterocycles. The second-order valence-electron chi connectivity index (χ2n) is 8.69. The summed E-state index contributed by atoms with van der Waals surface area (Å²) in [6, 6.07) is 28.5. The van der Waals surface area contributed by atoms with Gasteiger partial charge in [-0.15, -0.1) is 0 Å². The Bertz CT molecular complexity index is 879. The van der Waals surface area contributed by atoms with E-state index in [-0.39, 0.29) is 11.5 Å². The maximum absolute atomic E-state index is 6.47. The van der Waals surface area contributed by atoms with Crippen LogP contribution in [0.5, 0.6) is 0 Å². The Hall–Kier alpha value is -2.20. The van der Waals surface area contributed by atoms with Gasteiger partial charge in [-0.05, 0) is 45.3 Å². The van der Waals surface area contributed by atoms with Gasteiger partial charge in [-0.25, -0.2) is 5.48 Å². The van der Waals surface area contributed by atoms with E-state index in [2.05, 4.69) is 105 Å². The van der Waals surface area contributed by atoms with Gasteiger partial charge in [-0.2, -0.15) is 0 Å². The van der Waals surface area contributed by atoms with Crippen LogP contribution >= 0.6 is 0 Å². The molecule has 0 fully saturated rings. The molecule has 1 atom stereocenters. The van der Waals surface area contributed by atoms with Crippen molar-refractivity contribution in [2.45, 2.75) is 45.1 Å². The summed E-state index contributed by atoms with van der Waals surface area (Å²) in [6.07, 6.45) is 2.21. The lowest BCUT2D eigenvalue weighted by atomic mass is 9.85. The normalized spacial score (nSPS) is 16.4. The van der Waals surface area contributed by atoms with E-state index < -0.39 is 9.04 Å². The Balaban J connectivity index is 1.57. The van der Waals surface area contributed by atoms with Crippen molar-refractivity contribution < 1.29 is 4.53 Å². The fourth-order valence-electron chi connectivity index (χ4n) is 3.93. The molecule has 144 valence electrons. The number of benzene rings is 3. The van der Waals surface area contributed by atoms with Gasteiger partial charge < -0.3 is 4.53 Å². The van der Waals surface area contributed by atoms with Crippen LogP contribution < -0.4 is 15.9 Å². The average Bonchev–Trinajstić information content (AvgIpc) is 3.12. The van der Waals surface area contributed by atoms with E-state index in [1.807, 2.05) is 0 Å². The summed E-state index contributed by atoms with van der Waals surface area (Å²) in [7, 11) is -1.78. The molecule has 2 nitrogen and oxygen atoms in total. The molecule has 3 heteroatoms. The van der Waals surface area contributed by atoms with Gasteiger partial charge in [0, 0.05) is 0 Å². The van der Waals surface area contributed by atoms with Crippen LogP contribution in [0.2, 0.25) is 0 Å². The van der Waals surface area contributed by atoms with E-state index in [1.54, 1.807) is 0 Å². The lowest BCUT2D eigenvalue weighted by Crippen LogP contribution is -2.48. The molecular weight excluding hydrogens is 358 g/mol. The van der Waals surface area contributed by atoms with Crippen LogP contribution in [0.4, 0.5) is 0 Å². The Labute approximate surface area is 170 Å². The second-order valence-corrected chi connectivity index (χ2v) is 11.0. The van der Waals surface area contributed by atoms with Crippen molar-refractivity contribution >= 4 is 19.4 Å². The van der Waals surface area contributed by atoms with E-state index in [4.69, 9.17) is 4.53 Å². The quantitative estimate of drug-likeness (QED) is 0.527. The van der Waals surface area contributed by atoms with E-state index >= 15 is 0 Å². The molecule has 3 aromatic rings. The summed E-state index contributed by atoms with van der Waals surface area (Å²) < 4.78 is 6.47. The fraction of sp³-hybridized carbons (Fsp3) is 0.280. The first kappa shape index (κ1) is 19.1. The van der Waals surface area contributed by atoms with E-state index in [9.17, 15) is 0 Å². The summed E-state index contributed by atoms with van der Waals surface area (Å²) in [5.41, 5.74) is 7.88. The minimum atomic E-state index is -1.78. The molecule has 1 N–H and O–H groups in total. The molecule has 4 rings (SSSR count). The lowest BCUT2D eigenvalue weighted by Gasteiger charge is -2.23. The topological polar surface area (TPSA) is 21.3 Å². The third kappa shape index (κ3) is 4.12. The van der Waals surface area contributed by atoms with E-state index in [0.717, 1.165) is 12.8 Å². The summed E-state index contributed by atoms with van der Waals surface area (Å²) in [5.74, 6) is 0. The molecule has 0 spiro atoms. The number of aryl methyl sites for hydroxylation is 1. The molecule has 1 aliphatic carbocycles. The predicted octanol–water partition coefficient (Wildman–Crippen LogP) is 4.03. The zero-order valence-corrected chi connectivity index (χ0v) is 18.1. The van der Waals surface area contributed by atoms with Crippen molar-refractivity contribution in [3.05, 3.63) is 95.6 Å². The summed E-state index contributed by atoms with van der Waals surface area (Å²) >= 11 is 0. The molecule has 0 unspecified atom stereocenters. The first-order valence-corrected chi connectivity index (χ1v) is 11.8. The van der Waals surface area contributed by atoms with Gasteiger partial charge in [0.15, 0.2) is 0 Å². The highest BCUT2D eigenvalue weighted by Gasteiger charge is 2.27. The zero-order chi connectivity index (χ0) is 19.6. The number of fused-ring (bicyclic) bond motifs is 1. The van der Waals surface area contributed by atoms with Gasteiger partial charge in [0.05, 0.1) is 6.04 Å². The van der Waals surface area contributed by atoms with Gasteiger partial charge in [0.2, 0.25) is 0 Å². The van der Waals surface area contributed by atoms with Crippen molar-refractivity contribution in [3.8, 4) is 0 Å². The molecule has 0 saturated carbocycles. The second kappa shape index (κ2) is 8.04. The molecular formula is C25H29NOSi. The maximum Gasteiger partial charge on any atom is 0.267 e. The third-order valence-corrected chi connectivity index (χ3v) is 7.98. The molecule has 3 aromatic carbocycles. The maximum atomic E-state index is 6.47. The van der Waals surface area contributed by atoms with Crippen molar-refractivity contribution in [1.29, 1.82) is 0 Å². The van der Waals surface area contributed by atoms with Gasteiger partial charge in [-0.1, -0.05) is 99.6 Å². The molecule has 0 aliphatic heterocycles. The number of hydrogen-bond acceptors (Lipinski definition) is 2. The molecule has 0 heterocycles. The number of hydroxylamine groups is 1. The van der Waals surface area contributed by atoms with Gasteiger partial charge >= 0.3 is 0 Å². The van der Waals surface area contributed by atoms with Crippen LogP contribution in [-0.2, 0) is 16.4 Å². The summed E-state index contributed by atoms with van der Waals surface area (Å²) in [6.45, 7) is 6.82. The largest absolute Gasteiger partial charge is 0.338 e. The minimum absolute atomic E-state index is 0.161. The molecule has 0 bridgehead atoms. The molecule has 28 heavy (non-hydrogen) atoms. The Kier molecular flexibility index (Phi) is 5.49. The van der Waals surface area contributed by atoms with Crippen molar-refractivity contribution in [3.63, 3.8) is 0 Å². The lowest BCUT2D eigenvalue weighted by molar-refractivity contribution is 0.161. The van der Waals surface area contributed by atoms with Gasteiger partial charge in [-0.3, -0.25) is 0 Å². The zero-order valence-electron chi connectivity index (χ0n) is 17.0. The van der Waals surface area contributed by atoms with Crippen LogP contribution in [0.25, 0.3) is 0 Å². The standard InChI is InChI=1S/C25H29NOSi/c1-25(2,3)20-16-14-19-15-17-24(23(19)18-20)26-27-28(21-10-6-4-7-11-21)22-12-8-5-9-13-22/h4-14,16,18,24,26,28H,15,17H2,1-3H3/t24-/m1/s1. The monoisotopic (exact) mass is 387 g/mol. The number of rotatable bonds is 5. The average molecular weight is 388 g/mol. The fourth-order valence-corrected chi connectivity index (χ4v) is 6.03. The first-order chi connectivity index (χ1) is 13.5. The highest BCUT2D eigenvalue weighted by molar-refractivity contribution is 6.79. The first-order valence-electron chi connectivity index (χ1n) is 10.2. The summed E-state index contributed by atoms with van der Waals surface area (Å²) in [4.78, 5) is 0. The smallest absolute Gasteiger partial charge is 0.267 e. The minimum Gasteiger partial charge on any atom is -0.338 e. The van der Waals surface area contributed by atoms with E-state index in [0.29, 0.717) is 0 Å². The molecule has 1 aliphatic rings. The third-order valence-electron chi connectivity index (χ3n) is 5.62. The van der Waals surface area contributed by atoms with Gasteiger partial charge in [0.25, 0.3) is 9.04 Å². The Morgan fingerprint density at radius 3 is 2.04 bits per heavy atom.